The highest BCUT2D eigenvalue weighted by Gasteiger charge is 2.34. The molecule has 0 spiro atoms. The van der Waals surface area contributed by atoms with Crippen molar-refractivity contribution in [2.24, 2.45) is 11.5 Å². The van der Waals surface area contributed by atoms with Gasteiger partial charge in [-0.25, -0.2) is 0 Å². The summed E-state index contributed by atoms with van der Waals surface area (Å²) in [7, 11) is 0. The van der Waals surface area contributed by atoms with E-state index >= 15 is 0 Å². The maximum Gasteiger partial charge on any atom is 0.417 e. The van der Waals surface area contributed by atoms with Gasteiger partial charge in [-0.1, -0.05) is 30.3 Å². The molecule has 4 N–H and O–H groups in total. The van der Waals surface area contributed by atoms with Crippen molar-refractivity contribution in [3.05, 3.63) is 65.6 Å². The molecule has 2 heterocycles. The number of aromatic nitrogens is 3. The van der Waals surface area contributed by atoms with Crippen LogP contribution in [0, 0.1) is 0 Å². The van der Waals surface area contributed by atoms with Gasteiger partial charge >= 0.3 is 6.18 Å². The van der Waals surface area contributed by atoms with E-state index < -0.39 is 29.1 Å². The second kappa shape index (κ2) is 7.82. The Kier molecular flexibility index (Phi) is 5.61. The summed E-state index contributed by atoms with van der Waals surface area (Å²) in [6.45, 7) is 1.51. The third kappa shape index (κ3) is 4.73. The molecule has 2 unspecified atom stereocenters. The normalized spacial score (nSPS) is 15.2. The van der Waals surface area contributed by atoms with Gasteiger partial charge in [0.2, 0.25) is 5.91 Å². The van der Waals surface area contributed by atoms with E-state index in [0.29, 0.717) is 18.7 Å². The fraction of sp³-hybridized carbons (Fsp3) is 0.350. The molecule has 0 aliphatic heterocycles. The first kappa shape index (κ1) is 20.8. The van der Waals surface area contributed by atoms with Gasteiger partial charge in [-0.05, 0) is 43.9 Å². The molecule has 0 bridgehead atoms. The van der Waals surface area contributed by atoms with Crippen molar-refractivity contribution < 1.29 is 18.0 Å². The number of pyridine rings is 1. The Morgan fingerprint density at radius 2 is 1.83 bits per heavy atom. The molecular weight excluding hydrogens is 383 g/mol. The van der Waals surface area contributed by atoms with Crippen molar-refractivity contribution >= 4 is 11.6 Å². The summed E-state index contributed by atoms with van der Waals surface area (Å²) in [5.41, 5.74) is 10.7. The highest BCUT2D eigenvalue weighted by atomic mass is 19.4. The van der Waals surface area contributed by atoms with Crippen LogP contribution in [0.1, 0.15) is 42.6 Å². The Balaban J connectivity index is 1.99. The Hall–Kier alpha value is -2.94. The number of benzene rings is 1. The van der Waals surface area contributed by atoms with Crippen molar-refractivity contribution in [1.82, 2.24) is 14.6 Å². The van der Waals surface area contributed by atoms with E-state index in [-0.39, 0.29) is 12.1 Å². The van der Waals surface area contributed by atoms with Crippen LogP contribution in [-0.2, 0) is 17.4 Å². The van der Waals surface area contributed by atoms with Gasteiger partial charge in [-0.15, -0.1) is 10.2 Å². The molecule has 0 fully saturated rings. The SMILES string of the molecule is CC(N)(CC(CCc1ccccc1)c1nnc2ccc(C(F)(F)F)cn12)C(N)=O. The molecule has 0 saturated carbocycles. The number of primary amides is 1. The number of rotatable bonds is 7. The number of carbonyl (C=O) groups excluding carboxylic acids is 1. The van der Waals surface area contributed by atoms with Gasteiger partial charge in [0, 0.05) is 12.1 Å². The van der Waals surface area contributed by atoms with Crippen LogP contribution in [0.15, 0.2) is 48.7 Å². The molecule has 3 rings (SSSR count). The number of fused-ring (bicyclic) bond motifs is 1. The summed E-state index contributed by atoms with van der Waals surface area (Å²) in [4.78, 5) is 11.8. The van der Waals surface area contributed by atoms with Gasteiger partial charge < -0.3 is 11.5 Å². The summed E-state index contributed by atoms with van der Waals surface area (Å²) in [6.07, 6.45) is -2.25. The first-order chi connectivity index (χ1) is 13.6. The smallest absolute Gasteiger partial charge is 0.368 e. The molecule has 3 aromatic rings. The molecule has 1 aromatic carbocycles. The van der Waals surface area contributed by atoms with E-state index in [2.05, 4.69) is 10.2 Å². The molecule has 0 saturated heterocycles. The first-order valence-electron chi connectivity index (χ1n) is 9.12. The maximum absolute atomic E-state index is 13.2. The number of nitrogens with zero attached hydrogens (tertiary/aromatic N) is 3. The molecule has 154 valence electrons. The van der Waals surface area contributed by atoms with Crippen molar-refractivity contribution in [3.8, 4) is 0 Å². The highest BCUT2D eigenvalue weighted by molar-refractivity contribution is 5.83. The van der Waals surface area contributed by atoms with E-state index in [1.54, 1.807) is 0 Å². The highest BCUT2D eigenvalue weighted by Crippen LogP contribution is 2.32. The average Bonchev–Trinajstić information content (AvgIpc) is 3.08. The molecule has 2 atom stereocenters. The van der Waals surface area contributed by atoms with Crippen LogP contribution in [-0.4, -0.2) is 26.0 Å². The van der Waals surface area contributed by atoms with Crippen LogP contribution >= 0.6 is 0 Å². The van der Waals surface area contributed by atoms with E-state index in [1.807, 2.05) is 30.3 Å². The van der Waals surface area contributed by atoms with E-state index in [4.69, 9.17) is 11.5 Å². The predicted molar refractivity (Wildman–Crippen MR) is 102 cm³/mol. The van der Waals surface area contributed by atoms with Crippen molar-refractivity contribution in [2.45, 2.75) is 43.8 Å². The number of alkyl halides is 3. The zero-order valence-electron chi connectivity index (χ0n) is 15.9. The fourth-order valence-corrected chi connectivity index (χ4v) is 3.28. The van der Waals surface area contributed by atoms with Crippen LogP contribution in [0.2, 0.25) is 0 Å². The summed E-state index contributed by atoms with van der Waals surface area (Å²) < 4.78 is 40.8. The zero-order chi connectivity index (χ0) is 21.2. The number of hydrogen-bond donors (Lipinski definition) is 2. The monoisotopic (exact) mass is 405 g/mol. The fourth-order valence-electron chi connectivity index (χ4n) is 3.28. The topological polar surface area (TPSA) is 99.3 Å². The van der Waals surface area contributed by atoms with Gasteiger partial charge in [-0.3, -0.25) is 9.20 Å². The van der Waals surface area contributed by atoms with Gasteiger partial charge in [0.25, 0.3) is 0 Å². The predicted octanol–water partition coefficient (Wildman–Crippen LogP) is 3.06. The van der Waals surface area contributed by atoms with Crippen molar-refractivity contribution in [3.63, 3.8) is 0 Å². The minimum absolute atomic E-state index is 0.131. The lowest BCUT2D eigenvalue weighted by Gasteiger charge is -2.26. The van der Waals surface area contributed by atoms with Gasteiger partial charge in [0.05, 0.1) is 11.1 Å². The third-order valence-electron chi connectivity index (χ3n) is 4.98. The number of aryl methyl sites for hydroxylation is 1. The Morgan fingerprint density at radius 3 is 2.45 bits per heavy atom. The number of nitrogens with two attached hydrogens (primary N) is 2. The quantitative estimate of drug-likeness (QED) is 0.631. The maximum atomic E-state index is 13.2. The van der Waals surface area contributed by atoms with Crippen molar-refractivity contribution in [1.29, 1.82) is 0 Å². The zero-order valence-corrected chi connectivity index (χ0v) is 15.9. The molecule has 0 radical (unpaired) electrons. The molecule has 9 heteroatoms. The minimum Gasteiger partial charge on any atom is -0.368 e. The number of amides is 1. The standard InChI is InChI=1S/C20H22F3N5O/c1-19(25,18(24)29)11-14(8-7-13-5-3-2-4-6-13)17-27-26-16-10-9-15(12-28(16)17)20(21,22)23/h2-6,9-10,12,14H,7-8,11,25H2,1H3,(H2,24,29). The first-order valence-corrected chi connectivity index (χ1v) is 9.12. The molecule has 6 nitrogen and oxygen atoms in total. The molecular formula is C20H22F3N5O. The Bertz CT molecular complexity index is 998. The number of carbonyl (C=O) groups is 1. The van der Waals surface area contributed by atoms with Gasteiger partial charge in [0.15, 0.2) is 5.65 Å². The lowest BCUT2D eigenvalue weighted by Crippen LogP contribution is -2.50. The van der Waals surface area contributed by atoms with Crippen LogP contribution in [0.5, 0.6) is 0 Å². The summed E-state index contributed by atoms with van der Waals surface area (Å²) in [5, 5.41) is 8.09. The van der Waals surface area contributed by atoms with Crippen LogP contribution < -0.4 is 11.5 Å². The van der Waals surface area contributed by atoms with Gasteiger partial charge in [0.1, 0.15) is 5.82 Å². The summed E-state index contributed by atoms with van der Waals surface area (Å²) >= 11 is 0. The summed E-state index contributed by atoms with van der Waals surface area (Å²) in [6, 6.07) is 11.8. The lowest BCUT2D eigenvalue weighted by molar-refractivity contribution is -0.137. The molecule has 2 aromatic heterocycles. The number of halogens is 3. The Labute approximate surface area is 165 Å². The largest absolute Gasteiger partial charge is 0.417 e. The summed E-state index contributed by atoms with van der Waals surface area (Å²) in [5.74, 6) is -0.789. The van der Waals surface area contributed by atoms with Crippen LogP contribution in [0.25, 0.3) is 5.65 Å². The molecule has 0 aliphatic rings. The molecule has 29 heavy (non-hydrogen) atoms. The second-order valence-electron chi connectivity index (χ2n) is 7.41. The minimum atomic E-state index is -4.50. The van der Waals surface area contributed by atoms with Crippen LogP contribution in [0.3, 0.4) is 0 Å². The average molecular weight is 405 g/mol. The van der Waals surface area contributed by atoms with E-state index in [9.17, 15) is 18.0 Å². The second-order valence-corrected chi connectivity index (χ2v) is 7.41. The van der Waals surface area contributed by atoms with E-state index in [1.165, 1.54) is 17.4 Å². The van der Waals surface area contributed by atoms with Gasteiger partial charge in [-0.2, -0.15) is 13.2 Å². The molecule has 1 amide bonds. The Morgan fingerprint density at radius 1 is 1.14 bits per heavy atom. The van der Waals surface area contributed by atoms with E-state index in [0.717, 1.165) is 17.8 Å². The third-order valence-corrected chi connectivity index (χ3v) is 4.98. The van der Waals surface area contributed by atoms with Crippen molar-refractivity contribution in [2.75, 3.05) is 0 Å². The lowest BCUT2D eigenvalue weighted by atomic mass is 9.85. The number of hydrogen-bond acceptors (Lipinski definition) is 4. The molecule has 0 aliphatic carbocycles. The van der Waals surface area contributed by atoms with Crippen LogP contribution in [0.4, 0.5) is 13.2 Å².